The van der Waals surface area contributed by atoms with Crippen molar-refractivity contribution in [2.75, 3.05) is 20.3 Å². The summed E-state index contributed by atoms with van der Waals surface area (Å²) in [5.41, 5.74) is 0.995. The number of urea groups is 1. The van der Waals surface area contributed by atoms with E-state index < -0.39 is 0 Å². The smallest absolute Gasteiger partial charge is 0.315 e. The number of rotatable bonds is 8. The molecule has 0 bridgehead atoms. The van der Waals surface area contributed by atoms with Gasteiger partial charge in [0, 0.05) is 19.7 Å². The third-order valence-corrected chi connectivity index (χ3v) is 2.71. The van der Waals surface area contributed by atoms with Crippen LogP contribution in [0.15, 0.2) is 24.3 Å². The second-order valence-corrected chi connectivity index (χ2v) is 4.25. The minimum atomic E-state index is -0.174. The predicted octanol–water partition coefficient (Wildman–Crippen LogP) is 1.66. The van der Waals surface area contributed by atoms with Gasteiger partial charge in [-0.25, -0.2) is 4.79 Å². The fourth-order valence-electron chi connectivity index (χ4n) is 1.64. The highest BCUT2D eigenvalue weighted by Gasteiger charge is 2.00. The van der Waals surface area contributed by atoms with E-state index in [4.69, 9.17) is 9.84 Å². The lowest BCUT2D eigenvalue weighted by atomic mass is 10.2. The Bertz CT molecular complexity index is 383. The molecule has 0 atom stereocenters. The van der Waals surface area contributed by atoms with E-state index in [9.17, 15) is 4.79 Å². The molecule has 0 saturated carbocycles. The number of amides is 2. The van der Waals surface area contributed by atoms with Crippen molar-refractivity contribution in [3.05, 3.63) is 29.8 Å². The number of carbonyl (C=O) groups excluding carboxylic acids is 1. The zero-order valence-corrected chi connectivity index (χ0v) is 11.3. The zero-order chi connectivity index (χ0) is 13.9. The molecule has 0 aliphatic heterocycles. The summed E-state index contributed by atoms with van der Waals surface area (Å²) in [6.45, 7) is 1.31. The SMILES string of the molecule is COc1cccc(CNC(=O)NCCCCCO)c1. The van der Waals surface area contributed by atoms with E-state index in [-0.39, 0.29) is 12.6 Å². The molecule has 2 amide bonds. The van der Waals surface area contributed by atoms with Gasteiger partial charge in [0.05, 0.1) is 7.11 Å². The molecular formula is C14H22N2O3. The molecule has 0 heterocycles. The van der Waals surface area contributed by atoms with Gasteiger partial charge >= 0.3 is 6.03 Å². The predicted molar refractivity (Wildman–Crippen MR) is 74.2 cm³/mol. The maximum absolute atomic E-state index is 11.5. The Kier molecular flexibility index (Phi) is 7.43. The normalized spacial score (nSPS) is 10.0. The van der Waals surface area contributed by atoms with Gasteiger partial charge in [-0.1, -0.05) is 12.1 Å². The van der Waals surface area contributed by atoms with E-state index in [1.54, 1.807) is 7.11 Å². The van der Waals surface area contributed by atoms with Crippen LogP contribution in [-0.2, 0) is 6.54 Å². The van der Waals surface area contributed by atoms with Gasteiger partial charge in [-0.2, -0.15) is 0 Å². The average Bonchev–Trinajstić information content (AvgIpc) is 2.45. The third-order valence-electron chi connectivity index (χ3n) is 2.71. The first kappa shape index (κ1) is 15.3. The zero-order valence-electron chi connectivity index (χ0n) is 11.3. The molecule has 0 aliphatic carbocycles. The van der Waals surface area contributed by atoms with Crippen LogP contribution < -0.4 is 15.4 Å². The lowest BCUT2D eigenvalue weighted by molar-refractivity contribution is 0.240. The van der Waals surface area contributed by atoms with Crippen LogP contribution in [0.4, 0.5) is 4.79 Å². The van der Waals surface area contributed by atoms with Crippen molar-refractivity contribution in [2.45, 2.75) is 25.8 Å². The molecule has 5 heteroatoms. The van der Waals surface area contributed by atoms with Crippen molar-refractivity contribution < 1.29 is 14.6 Å². The van der Waals surface area contributed by atoms with E-state index >= 15 is 0 Å². The Balaban J connectivity index is 2.18. The quantitative estimate of drug-likeness (QED) is 0.627. The highest BCUT2D eigenvalue weighted by atomic mass is 16.5. The van der Waals surface area contributed by atoms with Crippen LogP contribution in [0.25, 0.3) is 0 Å². The molecular weight excluding hydrogens is 244 g/mol. The van der Waals surface area contributed by atoms with E-state index in [0.717, 1.165) is 30.6 Å². The van der Waals surface area contributed by atoms with Gasteiger partial charge in [0.2, 0.25) is 0 Å². The van der Waals surface area contributed by atoms with Gasteiger partial charge in [-0.15, -0.1) is 0 Å². The Labute approximate surface area is 114 Å². The summed E-state index contributed by atoms with van der Waals surface area (Å²) in [6, 6.07) is 7.41. The second kappa shape index (κ2) is 9.22. The van der Waals surface area contributed by atoms with Crippen molar-refractivity contribution in [1.29, 1.82) is 0 Å². The van der Waals surface area contributed by atoms with Gasteiger partial charge in [0.1, 0.15) is 5.75 Å². The molecule has 0 radical (unpaired) electrons. The molecule has 0 fully saturated rings. The van der Waals surface area contributed by atoms with E-state index in [1.807, 2.05) is 24.3 Å². The van der Waals surface area contributed by atoms with E-state index in [1.165, 1.54) is 0 Å². The number of aliphatic hydroxyl groups excluding tert-OH is 1. The number of hydrogen-bond acceptors (Lipinski definition) is 3. The monoisotopic (exact) mass is 266 g/mol. The molecule has 19 heavy (non-hydrogen) atoms. The average molecular weight is 266 g/mol. The van der Waals surface area contributed by atoms with Crippen LogP contribution >= 0.6 is 0 Å². The van der Waals surface area contributed by atoms with Crippen molar-refractivity contribution in [2.24, 2.45) is 0 Å². The lowest BCUT2D eigenvalue weighted by Gasteiger charge is -2.08. The van der Waals surface area contributed by atoms with Crippen molar-refractivity contribution in [3.8, 4) is 5.75 Å². The molecule has 3 N–H and O–H groups in total. The van der Waals surface area contributed by atoms with Crippen LogP contribution in [-0.4, -0.2) is 31.4 Å². The molecule has 1 rings (SSSR count). The first-order valence-electron chi connectivity index (χ1n) is 6.51. The van der Waals surface area contributed by atoms with E-state index in [2.05, 4.69) is 10.6 Å². The highest BCUT2D eigenvalue weighted by molar-refractivity contribution is 5.73. The number of aliphatic hydroxyl groups is 1. The van der Waals surface area contributed by atoms with Crippen LogP contribution in [0.5, 0.6) is 5.75 Å². The summed E-state index contributed by atoms with van der Waals surface area (Å²) >= 11 is 0. The number of unbranched alkanes of at least 4 members (excludes halogenated alkanes) is 2. The first-order valence-corrected chi connectivity index (χ1v) is 6.51. The van der Waals surface area contributed by atoms with Crippen LogP contribution in [0.3, 0.4) is 0 Å². The number of carbonyl (C=O) groups is 1. The number of nitrogens with one attached hydrogen (secondary N) is 2. The molecule has 0 aromatic heterocycles. The molecule has 106 valence electrons. The first-order chi connectivity index (χ1) is 9.26. The van der Waals surface area contributed by atoms with Crippen LogP contribution in [0.1, 0.15) is 24.8 Å². The van der Waals surface area contributed by atoms with Gasteiger partial charge in [0.15, 0.2) is 0 Å². The lowest BCUT2D eigenvalue weighted by Crippen LogP contribution is -2.35. The maximum Gasteiger partial charge on any atom is 0.315 e. The van der Waals surface area contributed by atoms with Gasteiger partial charge in [0.25, 0.3) is 0 Å². The largest absolute Gasteiger partial charge is 0.497 e. The minimum absolute atomic E-state index is 0.174. The fourth-order valence-corrected chi connectivity index (χ4v) is 1.64. The maximum atomic E-state index is 11.5. The summed E-state index contributed by atoms with van der Waals surface area (Å²) in [5, 5.41) is 14.2. The Morgan fingerprint density at radius 3 is 2.84 bits per heavy atom. The number of ether oxygens (including phenoxy) is 1. The Morgan fingerprint density at radius 1 is 1.26 bits per heavy atom. The van der Waals surface area contributed by atoms with Gasteiger partial charge < -0.3 is 20.5 Å². The summed E-state index contributed by atoms with van der Waals surface area (Å²) in [5.74, 6) is 0.781. The van der Waals surface area contributed by atoms with Crippen LogP contribution in [0, 0.1) is 0 Å². The Hall–Kier alpha value is -1.75. The van der Waals surface area contributed by atoms with Crippen molar-refractivity contribution in [3.63, 3.8) is 0 Å². The molecule has 1 aromatic carbocycles. The minimum Gasteiger partial charge on any atom is -0.497 e. The summed E-state index contributed by atoms with van der Waals surface area (Å²) in [7, 11) is 1.62. The fraction of sp³-hybridized carbons (Fsp3) is 0.500. The molecule has 5 nitrogen and oxygen atoms in total. The van der Waals surface area contributed by atoms with Crippen LogP contribution in [0.2, 0.25) is 0 Å². The molecule has 0 spiro atoms. The highest BCUT2D eigenvalue weighted by Crippen LogP contribution is 2.11. The standard InChI is InChI=1S/C14H22N2O3/c1-19-13-7-5-6-12(10-13)11-16-14(18)15-8-3-2-4-9-17/h5-7,10,17H,2-4,8-9,11H2,1H3,(H2,15,16,18). The van der Waals surface area contributed by atoms with E-state index in [0.29, 0.717) is 13.1 Å². The molecule has 0 saturated heterocycles. The summed E-state index contributed by atoms with van der Waals surface area (Å²) in [4.78, 5) is 11.5. The van der Waals surface area contributed by atoms with Gasteiger partial charge in [-0.3, -0.25) is 0 Å². The topological polar surface area (TPSA) is 70.6 Å². The van der Waals surface area contributed by atoms with Gasteiger partial charge in [-0.05, 0) is 37.0 Å². The number of hydrogen-bond donors (Lipinski definition) is 3. The third kappa shape index (κ3) is 6.67. The second-order valence-electron chi connectivity index (χ2n) is 4.25. The molecule has 1 aromatic rings. The number of methoxy groups -OCH3 is 1. The summed E-state index contributed by atoms with van der Waals surface area (Å²) < 4.78 is 5.12. The summed E-state index contributed by atoms with van der Waals surface area (Å²) in [6.07, 6.45) is 2.59. The number of benzene rings is 1. The Morgan fingerprint density at radius 2 is 2.11 bits per heavy atom. The van der Waals surface area contributed by atoms with Crippen molar-refractivity contribution in [1.82, 2.24) is 10.6 Å². The molecule has 0 aliphatic rings. The molecule has 0 unspecified atom stereocenters. The van der Waals surface area contributed by atoms with Crippen molar-refractivity contribution >= 4 is 6.03 Å².